The Balaban J connectivity index is 1.79. The number of anilines is 1. The Labute approximate surface area is 122 Å². The lowest BCUT2D eigenvalue weighted by atomic mass is 10.1. The molecule has 0 heterocycles. The van der Waals surface area contributed by atoms with Crippen LogP contribution in [-0.2, 0) is 6.42 Å². The van der Waals surface area contributed by atoms with Crippen molar-refractivity contribution in [3.05, 3.63) is 58.6 Å². The van der Waals surface area contributed by atoms with Crippen LogP contribution in [0.3, 0.4) is 0 Å². The molecule has 2 nitrogen and oxygen atoms in total. The van der Waals surface area contributed by atoms with Crippen LogP contribution in [-0.4, -0.2) is 13.2 Å². The van der Waals surface area contributed by atoms with Gasteiger partial charge in [0.25, 0.3) is 0 Å². The van der Waals surface area contributed by atoms with Crippen LogP contribution < -0.4 is 10.1 Å². The molecule has 2 rings (SSSR count). The number of halogens is 1. The molecule has 1 N–H and O–H groups in total. The molecule has 100 valence electrons. The summed E-state index contributed by atoms with van der Waals surface area (Å²) in [5.74, 6) is 0.897. The van der Waals surface area contributed by atoms with Crippen molar-refractivity contribution in [3.8, 4) is 5.75 Å². The molecule has 2 aromatic carbocycles. The highest BCUT2D eigenvalue weighted by molar-refractivity contribution is 9.10. The first kappa shape index (κ1) is 13.9. The third-order valence-electron chi connectivity index (χ3n) is 2.90. The predicted molar refractivity (Wildman–Crippen MR) is 83.9 cm³/mol. The van der Waals surface area contributed by atoms with Crippen LogP contribution in [0.25, 0.3) is 0 Å². The largest absolute Gasteiger partial charge is 0.492 e. The van der Waals surface area contributed by atoms with Crippen LogP contribution in [0, 0.1) is 0 Å². The molecule has 0 saturated heterocycles. The maximum atomic E-state index is 5.67. The van der Waals surface area contributed by atoms with Gasteiger partial charge in [-0.3, -0.25) is 0 Å². The van der Waals surface area contributed by atoms with Gasteiger partial charge in [-0.15, -0.1) is 0 Å². The summed E-state index contributed by atoms with van der Waals surface area (Å²) in [7, 11) is 0. The molecule has 0 bridgehead atoms. The van der Waals surface area contributed by atoms with Gasteiger partial charge in [-0.25, -0.2) is 0 Å². The molecular weight excluding hydrogens is 302 g/mol. The number of benzene rings is 2. The lowest BCUT2D eigenvalue weighted by Gasteiger charge is -2.11. The third kappa shape index (κ3) is 4.28. The van der Waals surface area contributed by atoms with E-state index in [0.29, 0.717) is 6.61 Å². The van der Waals surface area contributed by atoms with Crippen molar-refractivity contribution in [1.29, 1.82) is 0 Å². The van der Waals surface area contributed by atoms with Crippen LogP contribution in [0.1, 0.15) is 12.5 Å². The highest BCUT2D eigenvalue weighted by atomic mass is 79.9. The summed E-state index contributed by atoms with van der Waals surface area (Å²) in [6, 6.07) is 16.3. The molecule has 0 aliphatic carbocycles. The number of hydrogen-bond donors (Lipinski definition) is 1. The third-order valence-corrected chi connectivity index (χ3v) is 3.43. The lowest BCUT2D eigenvalue weighted by Crippen LogP contribution is -2.12. The van der Waals surface area contributed by atoms with Gasteiger partial charge in [-0.05, 0) is 42.3 Å². The van der Waals surface area contributed by atoms with Crippen molar-refractivity contribution >= 4 is 21.6 Å². The fourth-order valence-corrected chi connectivity index (χ4v) is 2.15. The molecule has 0 unspecified atom stereocenters. The summed E-state index contributed by atoms with van der Waals surface area (Å²) in [5.41, 5.74) is 2.54. The second-order valence-corrected chi connectivity index (χ2v) is 5.16. The molecule has 0 amide bonds. The van der Waals surface area contributed by atoms with Gasteiger partial charge in [-0.1, -0.05) is 41.1 Å². The Morgan fingerprint density at radius 2 is 1.79 bits per heavy atom. The van der Waals surface area contributed by atoms with Gasteiger partial charge >= 0.3 is 0 Å². The smallest absolute Gasteiger partial charge is 0.119 e. The lowest BCUT2D eigenvalue weighted by molar-refractivity contribution is 0.333. The SMILES string of the molecule is CCc1ccccc1NCCOc1ccc(Br)cc1. The van der Waals surface area contributed by atoms with E-state index in [4.69, 9.17) is 4.74 Å². The van der Waals surface area contributed by atoms with Gasteiger partial charge < -0.3 is 10.1 Å². The van der Waals surface area contributed by atoms with Gasteiger partial charge in [0.05, 0.1) is 0 Å². The van der Waals surface area contributed by atoms with E-state index in [1.807, 2.05) is 24.3 Å². The molecule has 0 fully saturated rings. The normalized spacial score (nSPS) is 10.2. The Hall–Kier alpha value is -1.48. The summed E-state index contributed by atoms with van der Waals surface area (Å²) in [5, 5.41) is 3.41. The van der Waals surface area contributed by atoms with E-state index >= 15 is 0 Å². The summed E-state index contributed by atoms with van der Waals surface area (Å²) >= 11 is 3.41. The van der Waals surface area contributed by atoms with Crippen molar-refractivity contribution < 1.29 is 4.74 Å². The highest BCUT2D eigenvalue weighted by Gasteiger charge is 1.98. The topological polar surface area (TPSA) is 21.3 Å². The molecule has 19 heavy (non-hydrogen) atoms. The van der Waals surface area contributed by atoms with Gasteiger partial charge in [0, 0.05) is 16.7 Å². The molecule has 3 heteroatoms. The first-order chi connectivity index (χ1) is 9.29. The first-order valence-electron chi connectivity index (χ1n) is 6.49. The van der Waals surface area contributed by atoms with E-state index in [2.05, 4.69) is 52.4 Å². The van der Waals surface area contributed by atoms with Crippen LogP contribution in [0.5, 0.6) is 5.75 Å². The van der Waals surface area contributed by atoms with E-state index in [1.165, 1.54) is 11.3 Å². The molecule has 2 aromatic rings. The fraction of sp³-hybridized carbons (Fsp3) is 0.250. The second-order valence-electron chi connectivity index (χ2n) is 4.24. The number of hydrogen-bond acceptors (Lipinski definition) is 2. The van der Waals surface area contributed by atoms with Gasteiger partial charge in [0.1, 0.15) is 12.4 Å². The fourth-order valence-electron chi connectivity index (χ4n) is 1.89. The number of para-hydroxylation sites is 1. The van der Waals surface area contributed by atoms with Crippen molar-refractivity contribution in [2.75, 3.05) is 18.5 Å². The monoisotopic (exact) mass is 319 g/mol. The standard InChI is InChI=1S/C16H18BrNO/c1-2-13-5-3-4-6-16(13)18-11-12-19-15-9-7-14(17)8-10-15/h3-10,18H,2,11-12H2,1H3. The zero-order valence-corrected chi connectivity index (χ0v) is 12.6. The van der Waals surface area contributed by atoms with E-state index in [-0.39, 0.29) is 0 Å². The molecular formula is C16H18BrNO. The molecule has 0 radical (unpaired) electrons. The van der Waals surface area contributed by atoms with Crippen molar-refractivity contribution in [2.45, 2.75) is 13.3 Å². The highest BCUT2D eigenvalue weighted by Crippen LogP contribution is 2.17. The maximum Gasteiger partial charge on any atom is 0.119 e. The Morgan fingerprint density at radius 3 is 2.53 bits per heavy atom. The summed E-state index contributed by atoms with van der Waals surface area (Å²) in [6.07, 6.45) is 1.04. The van der Waals surface area contributed by atoms with Crippen LogP contribution in [0.15, 0.2) is 53.0 Å². The minimum absolute atomic E-state index is 0.652. The predicted octanol–water partition coefficient (Wildman–Crippen LogP) is 4.50. The Bertz CT molecular complexity index is 510. The Kier molecular flexibility index (Phi) is 5.28. The van der Waals surface area contributed by atoms with Crippen LogP contribution in [0.2, 0.25) is 0 Å². The van der Waals surface area contributed by atoms with E-state index < -0.39 is 0 Å². The van der Waals surface area contributed by atoms with Crippen molar-refractivity contribution in [2.24, 2.45) is 0 Å². The van der Waals surface area contributed by atoms with Crippen LogP contribution in [0.4, 0.5) is 5.69 Å². The number of aryl methyl sites for hydroxylation is 1. The van der Waals surface area contributed by atoms with Gasteiger partial charge in [-0.2, -0.15) is 0 Å². The van der Waals surface area contributed by atoms with Gasteiger partial charge in [0.15, 0.2) is 0 Å². The quantitative estimate of drug-likeness (QED) is 0.791. The minimum Gasteiger partial charge on any atom is -0.492 e. The zero-order valence-electron chi connectivity index (χ0n) is 11.0. The number of rotatable bonds is 6. The number of ether oxygens (including phenoxy) is 1. The van der Waals surface area contributed by atoms with E-state index in [1.54, 1.807) is 0 Å². The second kappa shape index (κ2) is 7.19. The summed E-state index contributed by atoms with van der Waals surface area (Å²) < 4.78 is 6.74. The van der Waals surface area contributed by atoms with E-state index in [0.717, 1.165) is 23.2 Å². The van der Waals surface area contributed by atoms with Gasteiger partial charge in [0.2, 0.25) is 0 Å². The number of nitrogens with one attached hydrogen (secondary N) is 1. The average molecular weight is 320 g/mol. The molecule has 0 spiro atoms. The average Bonchev–Trinajstić information content (AvgIpc) is 2.46. The van der Waals surface area contributed by atoms with E-state index in [9.17, 15) is 0 Å². The van der Waals surface area contributed by atoms with Crippen molar-refractivity contribution in [3.63, 3.8) is 0 Å². The summed E-state index contributed by atoms with van der Waals surface area (Å²) in [6.45, 7) is 3.62. The zero-order chi connectivity index (χ0) is 13.5. The maximum absolute atomic E-state index is 5.67. The Morgan fingerprint density at radius 1 is 1.05 bits per heavy atom. The summed E-state index contributed by atoms with van der Waals surface area (Å²) in [4.78, 5) is 0. The first-order valence-corrected chi connectivity index (χ1v) is 7.29. The molecule has 0 saturated carbocycles. The minimum atomic E-state index is 0.652. The van der Waals surface area contributed by atoms with Crippen molar-refractivity contribution in [1.82, 2.24) is 0 Å². The van der Waals surface area contributed by atoms with Crippen LogP contribution >= 0.6 is 15.9 Å². The molecule has 0 aliphatic rings. The molecule has 0 aliphatic heterocycles. The molecule has 0 aromatic heterocycles. The molecule has 0 atom stereocenters.